The van der Waals surface area contributed by atoms with E-state index in [0.717, 1.165) is 6.42 Å². The van der Waals surface area contributed by atoms with Crippen LogP contribution in [0.25, 0.3) is 0 Å². The Balaban J connectivity index is 2.08. The molecule has 1 fully saturated rings. The molecule has 2 N–H and O–H groups in total. The van der Waals surface area contributed by atoms with Gasteiger partial charge in [0, 0.05) is 6.04 Å². The Kier molecular flexibility index (Phi) is 2.53. The molecule has 0 aliphatic heterocycles. The second-order valence-electron chi connectivity index (χ2n) is 3.90. The summed E-state index contributed by atoms with van der Waals surface area (Å²) in [5.74, 6) is 0.125. The summed E-state index contributed by atoms with van der Waals surface area (Å²) in [5.41, 5.74) is -0.0213. The molecule has 5 heteroatoms. The zero-order chi connectivity index (χ0) is 10.8. The monoisotopic (exact) mass is 207 g/mol. The summed E-state index contributed by atoms with van der Waals surface area (Å²) < 4.78 is 0. The molecule has 1 aromatic rings. The number of hydrogen-bond acceptors (Lipinski definition) is 4. The van der Waals surface area contributed by atoms with E-state index >= 15 is 0 Å². The van der Waals surface area contributed by atoms with Gasteiger partial charge in [0.25, 0.3) is 0 Å². The highest BCUT2D eigenvalue weighted by Crippen LogP contribution is 2.28. The second-order valence-corrected chi connectivity index (χ2v) is 3.90. The Hall–Kier alpha value is -1.65. The SMILES string of the molecule is CC1CCC1Nc1cncc(C(=O)O)n1. The van der Waals surface area contributed by atoms with Crippen LogP contribution in [0.3, 0.4) is 0 Å². The summed E-state index contributed by atoms with van der Waals surface area (Å²) in [6, 6.07) is 0.406. The maximum Gasteiger partial charge on any atom is 0.356 e. The molecule has 2 rings (SSSR count). The van der Waals surface area contributed by atoms with E-state index in [1.54, 1.807) is 6.20 Å². The smallest absolute Gasteiger partial charge is 0.356 e. The number of nitrogens with zero attached hydrogens (tertiary/aromatic N) is 2. The maximum atomic E-state index is 10.7. The molecule has 0 saturated heterocycles. The van der Waals surface area contributed by atoms with Crippen LogP contribution in [0.1, 0.15) is 30.3 Å². The number of anilines is 1. The fraction of sp³-hybridized carbons (Fsp3) is 0.500. The molecular weight excluding hydrogens is 194 g/mol. The van der Waals surface area contributed by atoms with E-state index in [0.29, 0.717) is 17.8 Å². The first-order valence-corrected chi connectivity index (χ1v) is 4.98. The van der Waals surface area contributed by atoms with Gasteiger partial charge in [-0.1, -0.05) is 6.92 Å². The first-order chi connectivity index (χ1) is 7.16. The Morgan fingerprint density at radius 2 is 2.33 bits per heavy atom. The number of carboxylic acids is 1. The summed E-state index contributed by atoms with van der Waals surface area (Å²) >= 11 is 0. The van der Waals surface area contributed by atoms with Crippen LogP contribution in [0.2, 0.25) is 0 Å². The molecule has 0 aromatic carbocycles. The fourth-order valence-electron chi connectivity index (χ4n) is 1.61. The minimum atomic E-state index is -1.05. The molecule has 1 aromatic heterocycles. The van der Waals surface area contributed by atoms with Crippen molar-refractivity contribution >= 4 is 11.8 Å². The molecule has 15 heavy (non-hydrogen) atoms. The molecule has 5 nitrogen and oxygen atoms in total. The minimum Gasteiger partial charge on any atom is -0.476 e. The quantitative estimate of drug-likeness (QED) is 0.783. The molecule has 2 atom stereocenters. The van der Waals surface area contributed by atoms with Gasteiger partial charge in [-0.3, -0.25) is 4.98 Å². The molecular formula is C10H13N3O2. The van der Waals surface area contributed by atoms with Gasteiger partial charge in [0.2, 0.25) is 0 Å². The van der Waals surface area contributed by atoms with Crippen molar-refractivity contribution in [1.29, 1.82) is 0 Å². The second kappa shape index (κ2) is 3.84. The van der Waals surface area contributed by atoms with Crippen molar-refractivity contribution in [2.24, 2.45) is 5.92 Å². The van der Waals surface area contributed by atoms with Crippen LogP contribution in [-0.2, 0) is 0 Å². The molecule has 1 saturated carbocycles. The van der Waals surface area contributed by atoms with E-state index in [-0.39, 0.29) is 5.69 Å². The van der Waals surface area contributed by atoms with Crippen molar-refractivity contribution in [2.45, 2.75) is 25.8 Å². The standard InChI is InChI=1S/C10H13N3O2/c1-6-2-3-7(6)12-9-5-11-4-8(13-9)10(14)15/h4-7H,2-3H2,1H3,(H,12,13)(H,14,15). The Bertz CT molecular complexity index is 381. The van der Waals surface area contributed by atoms with Gasteiger partial charge in [-0.15, -0.1) is 0 Å². The highest BCUT2D eigenvalue weighted by Gasteiger charge is 2.26. The summed E-state index contributed by atoms with van der Waals surface area (Å²) in [6.45, 7) is 2.16. The van der Waals surface area contributed by atoms with Crippen molar-refractivity contribution in [3.05, 3.63) is 18.1 Å². The summed E-state index contributed by atoms with van der Waals surface area (Å²) in [4.78, 5) is 18.4. The van der Waals surface area contributed by atoms with E-state index in [2.05, 4.69) is 22.2 Å². The number of carboxylic acid groups (broad SMARTS) is 1. The van der Waals surface area contributed by atoms with Crippen LogP contribution in [0.4, 0.5) is 5.82 Å². The van der Waals surface area contributed by atoms with Crippen LogP contribution in [0, 0.1) is 5.92 Å². The summed E-state index contributed by atoms with van der Waals surface area (Å²) in [6.07, 6.45) is 5.12. The van der Waals surface area contributed by atoms with Gasteiger partial charge in [0.15, 0.2) is 5.69 Å². The predicted octanol–water partition coefficient (Wildman–Crippen LogP) is 1.39. The van der Waals surface area contributed by atoms with Gasteiger partial charge in [-0.2, -0.15) is 0 Å². The topological polar surface area (TPSA) is 75.1 Å². The van der Waals surface area contributed by atoms with Gasteiger partial charge in [-0.25, -0.2) is 9.78 Å². The minimum absolute atomic E-state index is 0.0213. The van der Waals surface area contributed by atoms with Gasteiger partial charge in [0.1, 0.15) is 5.82 Å². The third kappa shape index (κ3) is 2.06. The molecule has 1 heterocycles. The van der Waals surface area contributed by atoms with Gasteiger partial charge in [-0.05, 0) is 18.8 Å². The van der Waals surface area contributed by atoms with Crippen molar-refractivity contribution < 1.29 is 9.90 Å². The van der Waals surface area contributed by atoms with Crippen molar-refractivity contribution in [1.82, 2.24) is 9.97 Å². The van der Waals surface area contributed by atoms with Crippen molar-refractivity contribution in [3.8, 4) is 0 Å². The average molecular weight is 207 g/mol. The number of hydrogen-bond donors (Lipinski definition) is 2. The lowest BCUT2D eigenvalue weighted by atomic mass is 9.81. The Morgan fingerprint density at radius 1 is 1.53 bits per heavy atom. The molecule has 0 bridgehead atoms. The van der Waals surface area contributed by atoms with Gasteiger partial charge in [0.05, 0.1) is 12.4 Å². The maximum absolute atomic E-state index is 10.7. The number of carbonyl (C=O) groups is 1. The van der Waals surface area contributed by atoms with Crippen LogP contribution in [0.15, 0.2) is 12.4 Å². The highest BCUT2D eigenvalue weighted by molar-refractivity contribution is 5.85. The first kappa shape index (κ1) is 9.89. The summed E-state index contributed by atoms with van der Waals surface area (Å²) in [7, 11) is 0. The average Bonchev–Trinajstić information content (AvgIpc) is 2.24. The van der Waals surface area contributed by atoms with Crippen molar-refractivity contribution in [3.63, 3.8) is 0 Å². The third-order valence-corrected chi connectivity index (χ3v) is 2.81. The molecule has 0 amide bonds. The lowest BCUT2D eigenvalue weighted by Crippen LogP contribution is -2.36. The third-order valence-electron chi connectivity index (χ3n) is 2.81. The molecule has 1 aliphatic carbocycles. The van der Waals surface area contributed by atoms with Crippen LogP contribution < -0.4 is 5.32 Å². The Morgan fingerprint density at radius 3 is 2.87 bits per heavy atom. The first-order valence-electron chi connectivity index (χ1n) is 4.98. The van der Waals surface area contributed by atoms with E-state index in [1.165, 1.54) is 12.6 Å². The lowest BCUT2D eigenvalue weighted by Gasteiger charge is -2.34. The molecule has 0 radical (unpaired) electrons. The van der Waals surface area contributed by atoms with E-state index in [9.17, 15) is 4.79 Å². The number of nitrogens with one attached hydrogen (secondary N) is 1. The molecule has 0 spiro atoms. The highest BCUT2D eigenvalue weighted by atomic mass is 16.4. The zero-order valence-electron chi connectivity index (χ0n) is 8.47. The fourth-order valence-corrected chi connectivity index (χ4v) is 1.61. The number of rotatable bonds is 3. The molecule has 80 valence electrons. The molecule has 2 unspecified atom stereocenters. The van der Waals surface area contributed by atoms with E-state index < -0.39 is 5.97 Å². The van der Waals surface area contributed by atoms with E-state index in [4.69, 9.17) is 5.11 Å². The number of aromatic carboxylic acids is 1. The predicted molar refractivity (Wildman–Crippen MR) is 54.8 cm³/mol. The zero-order valence-corrected chi connectivity index (χ0v) is 8.47. The summed E-state index contributed by atoms with van der Waals surface area (Å²) in [5, 5.41) is 11.9. The molecule has 1 aliphatic rings. The van der Waals surface area contributed by atoms with Crippen LogP contribution >= 0.6 is 0 Å². The van der Waals surface area contributed by atoms with Gasteiger partial charge >= 0.3 is 5.97 Å². The van der Waals surface area contributed by atoms with Gasteiger partial charge < -0.3 is 10.4 Å². The van der Waals surface area contributed by atoms with Crippen LogP contribution in [0.5, 0.6) is 0 Å². The largest absolute Gasteiger partial charge is 0.476 e. The van der Waals surface area contributed by atoms with Crippen LogP contribution in [-0.4, -0.2) is 27.1 Å². The number of aromatic nitrogens is 2. The van der Waals surface area contributed by atoms with Crippen molar-refractivity contribution in [2.75, 3.05) is 5.32 Å². The normalized spacial score (nSPS) is 24.3. The lowest BCUT2D eigenvalue weighted by molar-refractivity contribution is 0.0690. The Labute approximate surface area is 87.6 Å². The van der Waals surface area contributed by atoms with E-state index in [1.807, 2.05) is 0 Å².